The molecule has 248 valence electrons. The van der Waals surface area contributed by atoms with Crippen molar-refractivity contribution in [3.63, 3.8) is 0 Å². The van der Waals surface area contributed by atoms with Crippen LogP contribution in [0.5, 0.6) is 0 Å². The maximum atomic E-state index is 5.34. The van der Waals surface area contributed by atoms with Crippen molar-refractivity contribution in [1.82, 2.24) is 9.97 Å². The number of hydrogen-bond acceptors (Lipinski definition) is 3. The first kappa shape index (κ1) is 32.1. The van der Waals surface area contributed by atoms with Gasteiger partial charge in [-0.2, -0.15) is 0 Å². The molecule has 0 fully saturated rings. The number of dihydropyridines is 1. The largest absolute Gasteiger partial charge is 0.289 e. The van der Waals surface area contributed by atoms with Gasteiger partial charge in [0.25, 0.3) is 0 Å². The lowest BCUT2D eigenvalue weighted by Gasteiger charge is -2.31. The van der Waals surface area contributed by atoms with Crippen molar-refractivity contribution < 1.29 is 0 Å². The SMILES string of the molecule is CC1C=C(c2ccnc(C3=CC(C4CC(c5ccccc5)=CC=N4)CC(c4cc(-c5ccccc5)nc(C5(C)C=CCCC5)c4)=C3)c2)C=CC1. The fourth-order valence-electron chi connectivity index (χ4n) is 7.96. The molecule has 0 saturated heterocycles. The number of nitrogens with zero attached hydrogens (tertiary/aromatic N) is 3. The zero-order chi connectivity index (χ0) is 33.9. The molecule has 0 amide bonds. The molecule has 4 unspecified atom stereocenters. The van der Waals surface area contributed by atoms with Gasteiger partial charge in [0.1, 0.15) is 0 Å². The van der Waals surface area contributed by atoms with Crippen LogP contribution in [0.25, 0.3) is 33.5 Å². The van der Waals surface area contributed by atoms with Crippen LogP contribution in [0.2, 0.25) is 0 Å². The molecule has 2 aromatic heterocycles. The van der Waals surface area contributed by atoms with Crippen LogP contribution in [0.15, 0.2) is 145 Å². The van der Waals surface area contributed by atoms with Gasteiger partial charge in [-0.25, -0.2) is 0 Å². The van der Waals surface area contributed by atoms with Gasteiger partial charge in [-0.15, -0.1) is 0 Å². The lowest BCUT2D eigenvalue weighted by atomic mass is 9.76. The van der Waals surface area contributed by atoms with E-state index in [4.69, 9.17) is 15.0 Å². The van der Waals surface area contributed by atoms with Gasteiger partial charge in [0.2, 0.25) is 0 Å². The molecular weight excluding hydrogens is 607 g/mol. The zero-order valence-corrected chi connectivity index (χ0v) is 29.2. The third-order valence-electron chi connectivity index (χ3n) is 10.9. The molecule has 4 aliphatic rings. The van der Waals surface area contributed by atoms with E-state index in [1.54, 1.807) is 0 Å². The fourth-order valence-corrected chi connectivity index (χ4v) is 7.96. The number of aliphatic imine (C=N–C) groups is 1. The van der Waals surface area contributed by atoms with Gasteiger partial charge in [-0.3, -0.25) is 15.0 Å². The summed E-state index contributed by atoms with van der Waals surface area (Å²) in [5.41, 5.74) is 13.1. The van der Waals surface area contributed by atoms with Gasteiger partial charge in [0.15, 0.2) is 0 Å². The van der Waals surface area contributed by atoms with E-state index in [-0.39, 0.29) is 17.4 Å². The average molecular weight is 652 g/mol. The molecule has 0 radical (unpaired) electrons. The summed E-state index contributed by atoms with van der Waals surface area (Å²) >= 11 is 0. The molecule has 3 heterocycles. The standard InChI is InChI=1S/C47H45N3/c1-33-13-12-18-36(25-33)38-20-24-49-44(30-38)42-27-39(26-41(28-42)43-29-37(19-23-48-43)34-14-6-3-7-15-34)40-31-45(35-16-8-4-9-17-35)50-46(32-40)47(2)21-10-5-11-22-47/h3-4,6-10,12,14-21,23-25,27-28,30-33,41,43H,5,11,13,22,26,29H2,1-2H3. The number of rotatable bonds is 7. The summed E-state index contributed by atoms with van der Waals surface area (Å²) in [6.45, 7) is 4.64. The summed E-state index contributed by atoms with van der Waals surface area (Å²) in [6.07, 6.45) is 29.0. The van der Waals surface area contributed by atoms with Crippen LogP contribution in [-0.2, 0) is 5.41 Å². The Balaban J connectivity index is 1.23. The van der Waals surface area contributed by atoms with Crippen molar-refractivity contribution in [2.24, 2.45) is 16.8 Å². The van der Waals surface area contributed by atoms with E-state index in [2.05, 4.69) is 147 Å². The number of allylic oxidation sites excluding steroid dienone is 10. The Morgan fingerprint density at radius 3 is 2.32 bits per heavy atom. The second kappa shape index (κ2) is 14.0. The lowest BCUT2D eigenvalue weighted by Crippen LogP contribution is -2.24. The van der Waals surface area contributed by atoms with Gasteiger partial charge >= 0.3 is 0 Å². The molecule has 4 aromatic rings. The van der Waals surface area contributed by atoms with Crippen LogP contribution in [0.3, 0.4) is 0 Å². The van der Waals surface area contributed by atoms with E-state index >= 15 is 0 Å². The van der Waals surface area contributed by atoms with E-state index < -0.39 is 0 Å². The summed E-state index contributed by atoms with van der Waals surface area (Å²) in [5, 5.41) is 0. The molecule has 4 atom stereocenters. The molecule has 3 nitrogen and oxygen atoms in total. The molecule has 0 N–H and O–H groups in total. The predicted octanol–water partition coefficient (Wildman–Crippen LogP) is 11.5. The smallest absolute Gasteiger partial charge is 0.0711 e. The molecule has 1 aliphatic heterocycles. The Kier molecular flexibility index (Phi) is 8.98. The molecular formula is C47H45N3. The molecule has 3 aliphatic carbocycles. The molecule has 50 heavy (non-hydrogen) atoms. The molecule has 0 bridgehead atoms. The van der Waals surface area contributed by atoms with Crippen LogP contribution < -0.4 is 0 Å². The van der Waals surface area contributed by atoms with Crippen molar-refractivity contribution >= 4 is 28.5 Å². The third-order valence-corrected chi connectivity index (χ3v) is 10.9. The number of benzene rings is 2. The summed E-state index contributed by atoms with van der Waals surface area (Å²) in [7, 11) is 0. The van der Waals surface area contributed by atoms with E-state index in [1.807, 2.05) is 12.4 Å². The average Bonchev–Trinajstić information content (AvgIpc) is 3.18. The minimum Gasteiger partial charge on any atom is -0.289 e. The van der Waals surface area contributed by atoms with Crippen molar-refractivity contribution in [2.45, 2.75) is 63.8 Å². The summed E-state index contributed by atoms with van der Waals surface area (Å²) < 4.78 is 0. The second-order valence-electron chi connectivity index (χ2n) is 14.7. The van der Waals surface area contributed by atoms with Crippen molar-refractivity contribution in [3.8, 4) is 11.3 Å². The van der Waals surface area contributed by atoms with Crippen molar-refractivity contribution in [3.05, 3.63) is 168 Å². The van der Waals surface area contributed by atoms with Gasteiger partial charge in [0.05, 0.1) is 23.1 Å². The van der Waals surface area contributed by atoms with Crippen LogP contribution in [0, 0.1) is 11.8 Å². The van der Waals surface area contributed by atoms with E-state index in [0.717, 1.165) is 54.7 Å². The molecule has 3 heteroatoms. The Labute approximate surface area is 297 Å². The number of aromatic nitrogens is 2. The third kappa shape index (κ3) is 6.83. The minimum absolute atomic E-state index is 0.0948. The Morgan fingerprint density at radius 1 is 0.740 bits per heavy atom. The normalized spacial score (nSPS) is 24.6. The summed E-state index contributed by atoms with van der Waals surface area (Å²) in [5.74, 6) is 0.753. The highest BCUT2D eigenvalue weighted by Crippen LogP contribution is 2.42. The van der Waals surface area contributed by atoms with Crippen LogP contribution in [-0.4, -0.2) is 22.2 Å². The summed E-state index contributed by atoms with van der Waals surface area (Å²) in [4.78, 5) is 15.4. The fraction of sp³-hybridized carbons (Fsp3) is 0.255. The molecule has 0 spiro atoms. The van der Waals surface area contributed by atoms with Gasteiger partial charge in [-0.05, 0) is 120 Å². The highest BCUT2D eigenvalue weighted by atomic mass is 14.8. The first-order valence-corrected chi connectivity index (χ1v) is 18.3. The Hall–Kier alpha value is -5.15. The maximum Gasteiger partial charge on any atom is 0.0711 e. The molecule has 2 aromatic carbocycles. The first-order chi connectivity index (χ1) is 24.5. The van der Waals surface area contributed by atoms with Gasteiger partial charge in [0, 0.05) is 29.3 Å². The molecule has 0 saturated carbocycles. The van der Waals surface area contributed by atoms with Gasteiger partial charge < -0.3 is 0 Å². The van der Waals surface area contributed by atoms with Crippen molar-refractivity contribution in [2.75, 3.05) is 0 Å². The van der Waals surface area contributed by atoms with Gasteiger partial charge in [-0.1, -0.05) is 111 Å². The Bertz CT molecular complexity index is 2090. The van der Waals surface area contributed by atoms with E-state index in [9.17, 15) is 0 Å². The minimum atomic E-state index is -0.0948. The maximum absolute atomic E-state index is 5.34. The summed E-state index contributed by atoms with van der Waals surface area (Å²) in [6, 6.07) is 30.6. The van der Waals surface area contributed by atoms with Crippen LogP contribution in [0.1, 0.15) is 80.5 Å². The Morgan fingerprint density at radius 2 is 1.54 bits per heavy atom. The second-order valence-corrected chi connectivity index (χ2v) is 14.7. The zero-order valence-electron chi connectivity index (χ0n) is 29.2. The van der Waals surface area contributed by atoms with E-state index in [0.29, 0.717) is 5.92 Å². The quantitative estimate of drug-likeness (QED) is 0.187. The van der Waals surface area contributed by atoms with Crippen molar-refractivity contribution in [1.29, 1.82) is 0 Å². The highest BCUT2D eigenvalue weighted by Gasteiger charge is 2.31. The first-order valence-electron chi connectivity index (χ1n) is 18.3. The molecule has 8 rings (SSSR count). The van der Waals surface area contributed by atoms with Crippen LogP contribution in [0.4, 0.5) is 0 Å². The number of pyridine rings is 2. The van der Waals surface area contributed by atoms with E-state index in [1.165, 1.54) is 45.4 Å². The monoisotopic (exact) mass is 651 g/mol. The van der Waals surface area contributed by atoms with Crippen LogP contribution >= 0.6 is 0 Å². The highest BCUT2D eigenvalue weighted by molar-refractivity contribution is 5.89. The number of hydrogen-bond donors (Lipinski definition) is 0. The lowest BCUT2D eigenvalue weighted by molar-refractivity contribution is 0.483. The topological polar surface area (TPSA) is 38.1 Å². The predicted molar refractivity (Wildman–Crippen MR) is 211 cm³/mol.